The van der Waals surface area contributed by atoms with Crippen molar-refractivity contribution in [2.24, 2.45) is 0 Å². The third kappa shape index (κ3) is 2.88. The maximum atomic E-state index is 11.8. The summed E-state index contributed by atoms with van der Waals surface area (Å²) < 4.78 is 9.24. The zero-order chi connectivity index (χ0) is 13.0. The quantitative estimate of drug-likeness (QED) is 0.855. The number of esters is 1. The van der Waals surface area contributed by atoms with Crippen molar-refractivity contribution < 1.29 is 9.53 Å². The van der Waals surface area contributed by atoms with E-state index in [9.17, 15) is 4.79 Å². The summed E-state index contributed by atoms with van der Waals surface area (Å²) in [4.78, 5) is 11.8. The summed E-state index contributed by atoms with van der Waals surface area (Å²) in [7, 11) is 0. The lowest BCUT2D eigenvalue weighted by Crippen LogP contribution is -2.08. The molecule has 0 spiro atoms. The number of aromatic nitrogens is 1. The first-order valence-corrected chi connectivity index (χ1v) is 7.32. The Kier molecular flexibility index (Phi) is 4.33. The van der Waals surface area contributed by atoms with Crippen LogP contribution in [0.2, 0.25) is 0 Å². The number of anilines is 1. The molecule has 96 valence electrons. The number of nitrogens with zero attached hydrogens (tertiary/aromatic N) is 1. The number of hydrogen-bond acceptors (Lipinski definition) is 6. The molecule has 0 saturated carbocycles. The third-order valence-corrected chi connectivity index (χ3v) is 4.00. The van der Waals surface area contributed by atoms with Gasteiger partial charge in [-0.15, -0.1) is 0 Å². The van der Waals surface area contributed by atoms with Gasteiger partial charge in [-0.05, 0) is 47.8 Å². The van der Waals surface area contributed by atoms with E-state index < -0.39 is 0 Å². The Morgan fingerprint density at radius 2 is 2.39 bits per heavy atom. The fraction of sp³-hybridized carbons (Fsp3) is 0.333. The second-order valence-electron chi connectivity index (χ2n) is 3.68. The molecule has 2 heterocycles. The van der Waals surface area contributed by atoms with E-state index in [0.29, 0.717) is 24.4 Å². The van der Waals surface area contributed by atoms with Crippen molar-refractivity contribution in [3.8, 4) is 0 Å². The molecule has 0 saturated heterocycles. The summed E-state index contributed by atoms with van der Waals surface area (Å²) >= 11 is 2.95. The largest absolute Gasteiger partial charge is 0.462 e. The number of carbonyl (C=O) groups is 1. The van der Waals surface area contributed by atoms with Gasteiger partial charge in [-0.3, -0.25) is 0 Å². The van der Waals surface area contributed by atoms with Gasteiger partial charge in [0.05, 0.1) is 12.3 Å². The molecule has 2 aromatic rings. The fourth-order valence-corrected chi connectivity index (χ4v) is 2.96. The molecule has 0 fully saturated rings. The zero-order valence-corrected chi connectivity index (χ0v) is 11.9. The van der Waals surface area contributed by atoms with E-state index in [1.165, 1.54) is 17.1 Å². The van der Waals surface area contributed by atoms with Crippen LogP contribution in [-0.4, -0.2) is 16.9 Å². The highest BCUT2D eigenvalue weighted by Crippen LogP contribution is 2.26. The van der Waals surface area contributed by atoms with Crippen molar-refractivity contribution in [1.29, 1.82) is 0 Å². The number of thiophene rings is 1. The number of nitrogens with one attached hydrogen (secondary N) is 1. The average molecular weight is 282 g/mol. The molecule has 0 radical (unpaired) electrons. The van der Waals surface area contributed by atoms with Gasteiger partial charge in [0.1, 0.15) is 10.6 Å². The lowest BCUT2D eigenvalue weighted by Gasteiger charge is -2.05. The normalized spacial score (nSPS) is 10.3. The van der Waals surface area contributed by atoms with Gasteiger partial charge >= 0.3 is 5.97 Å². The monoisotopic (exact) mass is 282 g/mol. The Labute approximate surface area is 114 Å². The van der Waals surface area contributed by atoms with E-state index in [4.69, 9.17) is 4.74 Å². The molecular formula is C12H14N2O2S2. The minimum Gasteiger partial charge on any atom is -0.462 e. The molecule has 4 nitrogen and oxygen atoms in total. The van der Waals surface area contributed by atoms with Crippen LogP contribution in [0.15, 0.2) is 16.8 Å². The minimum absolute atomic E-state index is 0.309. The van der Waals surface area contributed by atoms with Crippen molar-refractivity contribution in [2.75, 3.05) is 11.9 Å². The van der Waals surface area contributed by atoms with E-state index >= 15 is 0 Å². The summed E-state index contributed by atoms with van der Waals surface area (Å²) in [5.74, 6) is -0.309. The van der Waals surface area contributed by atoms with Gasteiger partial charge < -0.3 is 10.1 Å². The van der Waals surface area contributed by atoms with Crippen LogP contribution in [0, 0.1) is 6.92 Å². The van der Waals surface area contributed by atoms with Crippen LogP contribution in [-0.2, 0) is 11.3 Å². The Morgan fingerprint density at radius 3 is 3.06 bits per heavy atom. The van der Waals surface area contributed by atoms with Gasteiger partial charge in [0, 0.05) is 6.54 Å². The first kappa shape index (κ1) is 13.0. The Hall–Kier alpha value is -1.40. The molecule has 1 N–H and O–H groups in total. The molecule has 0 aliphatic carbocycles. The van der Waals surface area contributed by atoms with Crippen LogP contribution in [0.3, 0.4) is 0 Å². The van der Waals surface area contributed by atoms with Gasteiger partial charge in [-0.2, -0.15) is 15.7 Å². The average Bonchev–Trinajstić information content (AvgIpc) is 2.96. The van der Waals surface area contributed by atoms with Gasteiger partial charge in [-0.1, -0.05) is 0 Å². The van der Waals surface area contributed by atoms with Crippen LogP contribution >= 0.6 is 22.9 Å². The van der Waals surface area contributed by atoms with Crippen LogP contribution < -0.4 is 5.32 Å². The number of rotatable bonds is 5. The summed E-state index contributed by atoms with van der Waals surface area (Å²) in [5, 5.41) is 8.12. The van der Waals surface area contributed by atoms with Crippen LogP contribution in [0.4, 0.5) is 5.00 Å². The van der Waals surface area contributed by atoms with Crippen molar-refractivity contribution in [1.82, 2.24) is 4.37 Å². The smallest absolute Gasteiger partial charge is 0.343 e. The molecule has 0 unspecified atom stereocenters. The highest BCUT2D eigenvalue weighted by Gasteiger charge is 2.19. The summed E-state index contributed by atoms with van der Waals surface area (Å²) in [5.41, 5.74) is 2.46. The van der Waals surface area contributed by atoms with Crippen LogP contribution in [0.1, 0.15) is 28.5 Å². The van der Waals surface area contributed by atoms with Crippen molar-refractivity contribution >= 4 is 33.8 Å². The molecule has 0 aliphatic heterocycles. The standard InChI is InChI=1S/C12H14N2O2S2/c1-3-16-12(15)10-8(2)14-18-11(10)13-6-9-4-5-17-7-9/h4-5,7,13H,3,6H2,1-2H3. The minimum atomic E-state index is -0.309. The van der Waals surface area contributed by atoms with E-state index in [-0.39, 0.29) is 5.97 Å². The zero-order valence-electron chi connectivity index (χ0n) is 10.2. The lowest BCUT2D eigenvalue weighted by atomic mass is 10.2. The maximum Gasteiger partial charge on any atom is 0.343 e. The second kappa shape index (κ2) is 5.97. The summed E-state index contributed by atoms with van der Waals surface area (Å²) in [6, 6.07) is 2.05. The van der Waals surface area contributed by atoms with Crippen LogP contribution in [0.5, 0.6) is 0 Å². The van der Waals surface area contributed by atoms with Gasteiger partial charge in [-0.25, -0.2) is 4.79 Å². The first-order chi connectivity index (χ1) is 8.72. The topological polar surface area (TPSA) is 51.2 Å². The molecule has 6 heteroatoms. The van der Waals surface area contributed by atoms with Crippen LogP contribution in [0.25, 0.3) is 0 Å². The third-order valence-electron chi connectivity index (χ3n) is 2.38. The second-order valence-corrected chi connectivity index (χ2v) is 5.23. The SMILES string of the molecule is CCOC(=O)c1c(C)nsc1NCc1ccsc1. The van der Waals surface area contributed by atoms with Crippen molar-refractivity contribution in [3.05, 3.63) is 33.6 Å². The van der Waals surface area contributed by atoms with E-state index in [2.05, 4.69) is 21.1 Å². The fourth-order valence-electron chi connectivity index (χ4n) is 1.51. The van der Waals surface area contributed by atoms with Gasteiger partial charge in [0.15, 0.2) is 0 Å². The molecule has 0 aliphatic rings. The molecule has 0 amide bonds. The molecule has 2 rings (SSSR count). The van der Waals surface area contributed by atoms with Gasteiger partial charge in [0.25, 0.3) is 0 Å². The summed E-state index contributed by atoms with van der Waals surface area (Å²) in [6.45, 7) is 4.68. The molecule has 18 heavy (non-hydrogen) atoms. The molecule has 0 aromatic carbocycles. The Bertz CT molecular complexity index is 520. The lowest BCUT2D eigenvalue weighted by molar-refractivity contribution is 0.0527. The molecule has 0 atom stereocenters. The number of aryl methyl sites for hydroxylation is 1. The number of ether oxygens (including phenoxy) is 1. The maximum absolute atomic E-state index is 11.8. The predicted octanol–water partition coefficient (Wildman–Crippen LogP) is 3.30. The summed E-state index contributed by atoms with van der Waals surface area (Å²) in [6.07, 6.45) is 0. The van der Waals surface area contributed by atoms with E-state index in [1.54, 1.807) is 18.3 Å². The van der Waals surface area contributed by atoms with Crippen molar-refractivity contribution in [2.45, 2.75) is 20.4 Å². The number of carbonyl (C=O) groups excluding carboxylic acids is 1. The highest BCUT2D eigenvalue weighted by atomic mass is 32.1. The molecule has 0 bridgehead atoms. The van der Waals surface area contributed by atoms with E-state index in [1.807, 2.05) is 12.3 Å². The molecule has 2 aromatic heterocycles. The first-order valence-electron chi connectivity index (χ1n) is 5.60. The predicted molar refractivity (Wildman–Crippen MR) is 74.5 cm³/mol. The van der Waals surface area contributed by atoms with Crippen molar-refractivity contribution in [3.63, 3.8) is 0 Å². The number of hydrogen-bond donors (Lipinski definition) is 1. The molecular weight excluding hydrogens is 268 g/mol. The van der Waals surface area contributed by atoms with Gasteiger partial charge in [0.2, 0.25) is 0 Å². The Morgan fingerprint density at radius 1 is 1.56 bits per heavy atom. The van der Waals surface area contributed by atoms with E-state index in [0.717, 1.165) is 5.00 Å². The Balaban J connectivity index is 2.10. The highest BCUT2D eigenvalue weighted by molar-refractivity contribution is 7.10.